The highest BCUT2D eigenvalue weighted by Gasteiger charge is 2.21. The molecule has 0 aromatic heterocycles. The second kappa shape index (κ2) is 20.7. The van der Waals surface area contributed by atoms with E-state index in [4.69, 9.17) is 0 Å². The minimum Gasteiger partial charge on any atom is -0.327 e. The number of hydrogen-bond acceptors (Lipinski definition) is 0. The fraction of sp³-hybridized carbons (Fsp3) is 1.00. The van der Waals surface area contributed by atoms with E-state index in [0.717, 1.165) is 0 Å². The first-order valence-corrected chi connectivity index (χ1v) is 17.3. The lowest BCUT2D eigenvalue weighted by atomic mass is 10.1. The molecule has 0 amide bonds. The molecule has 0 fully saturated rings. The van der Waals surface area contributed by atoms with Gasteiger partial charge < -0.3 is 17.9 Å². The van der Waals surface area contributed by atoms with E-state index in [9.17, 15) is 0 Å². The molecule has 0 N–H and O–H groups in total. The van der Waals surface area contributed by atoms with Gasteiger partial charge in [0, 0.05) is 0 Å². The molecule has 2 unspecified atom stereocenters. The van der Waals surface area contributed by atoms with Crippen LogP contribution in [0.3, 0.4) is 0 Å². The van der Waals surface area contributed by atoms with Gasteiger partial charge in [-0.15, -0.1) is 0 Å². The largest absolute Gasteiger partial charge is 0.327 e. The van der Waals surface area contributed by atoms with Gasteiger partial charge in [-0.3, -0.25) is 0 Å². The molecule has 0 aromatic rings. The summed E-state index contributed by atoms with van der Waals surface area (Å²) < 4.78 is 5.07. The van der Waals surface area contributed by atoms with E-state index in [2.05, 4.69) is 69.7 Å². The van der Waals surface area contributed by atoms with Crippen LogP contribution in [-0.4, -0.2) is 125 Å². The van der Waals surface area contributed by atoms with Gasteiger partial charge >= 0.3 is 0 Å². The number of hydrogen-bond donors (Lipinski definition) is 0. The summed E-state index contributed by atoms with van der Waals surface area (Å²) in [5, 5.41) is 0. The average Bonchev–Trinajstić information content (AvgIpc) is 2.94. The smallest absolute Gasteiger partial charge is 0.0784 e. The summed E-state index contributed by atoms with van der Waals surface area (Å²) in [6, 6.07) is 0. The summed E-state index contributed by atoms with van der Waals surface area (Å²) in [5.74, 6) is 0. The predicted molar refractivity (Wildman–Crippen MR) is 173 cm³/mol. The fourth-order valence-corrected chi connectivity index (χ4v) is 5.96. The standard InChI is InChI=1S/C34H78N4/c1-11-35(7,12-2)29-23-17-19-25-31-37(9,15-5)33-27-21-22-28-34-38(10,16-6)32-26-20-18-24-30-36(8,13-3)14-4/h11-34H2,1-10H3/q+4. The molecule has 0 aromatic carbocycles. The molecule has 0 bridgehead atoms. The molecule has 0 heterocycles. The van der Waals surface area contributed by atoms with Crippen LogP contribution in [-0.2, 0) is 0 Å². The van der Waals surface area contributed by atoms with Gasteiger partial charge in [0.1, 0.15) is 0 Å². The normalized spacial score (nSPS) is 15.9. The zero-order valence-electron chi connectivity index (χ0n) is 28.8. The SMILES string of the molecule is CC[N+](C)(CC)CCCCCC[N+](C)(CC)CCCCCC[N+](C)(CC)CCCCCC[N+](C)(CC)CC. The summed E-state index contributed by atoms with van der Waals surface area (Å²) in [6.45, 7) is 30.1. The molecular formula is C34H78N4+4. The Hall–Kier alpha value is -0.160. The molecule has 0 saturated heterocycles. The number of unbranched alkanes of at least 4 members (excludes halogenated alkanes) is 9. The van der Waals surface area contributed by atoms with Crippen molar-refractivity contribution in [3.05, 3.63) is 0 Å². The highest BCUT2D eigenvalue weighted by atomic mass is 15.3. The van der Waals surface area contributed by atoms with Crippen LogP contribution in [0.2, 0.25) is 0 Å². The third-order valence-corrected chi connectivity index (χ3v) is 11.0. The summed E-state index contributed by atoms with van der Waals surface area (Å²) in [7, 11) is 9.86. The molecule has 230 valence electrons. The van der Waals surface area contributed by atoms with Crippen molar-refractivity contribution in [3.63, 3.8) is 0 Å². The van der Waals surface area contributed by atoms with E-state index < -0.39 is 0 Å². The fourth-order valence-electron chi connectivity index (χ4n) is 5.96. The topological polar surface area (TPSA) is 0 Å². The third kappa shape index (κ3) is 16.8. The number of quaternary nitrogens is 4. The van der Waals surface area contributed by atoms with Crippen LogP contribution in [0.15, 0.2) is 0 Å². The lowest BCUT2D eigenvalue weighted by Gasteiger charge is -2.35. The molecule has 38 heavy (non-hydrogen) atoms. The Morgan fingerprint density at radius 3 is 0.553 bits per heavy atom. The van der Waals surface area contributed by atoms with Crippen LogP contribution >= 0.6 is 0 Å². The highest BCUT2D eigenvalue weighted by Crippen LogP contribution is 2.15. The van der Waals surface area contributed by atoms with Crippen LogP contribution < -0.4 is 0 Å². The van der Waals surface area contributed by atoms with Gasteiger partial charge in [0.15, 0.2) is 0 Å². The van der Waals surface area contributed by atoms with Gasteiger partial charge in [0.2, 0.25) is 0 Å². The van der Waals surface area contributed by atoms with Gasteiger partial charge in [-0.2, -0.15) is 0 Å². The molecule has 0 aliphatic rings. The van der Waals surface area contributed by atoms with Crippen LogP contribution in [0, 0.1) is 0 Å². The maximum atomic E-state index is 2.51. The van der Waals surface area contributed by atoms with Crippen molar-refractivity contribution in [3.8, 4) is 0 Å². The Morgan fingerprint density at radius 2 is 0.395 bits per heavy atom. The van der Waals surface area contributed by atoms with Gasteiger partial charge in [0.05, 0.1) is 107 Å². The molecule has 0 saturated carbocycles. The zero-order valence-corrected chi connectivity index (χ0v) is 28.8. The van der Waals surface area contributed by atoms with E-state index in [1.54, 1.807) is 0 Å². The van der Waals surface area contributed by atoms with E-state index >= 15 is 0 Å². The third-order valence-electron chi connectivity index (χ3n) is 11.0. The Labute approximate surface area is 243 Å². The maximum absolute atomic E-state index is 2.51. The van der Waals surface area contributed by atoms with Crippen LogP contribution in [0.1, 0.15) is 119 Å². The minimum absolute atomic E-state index is 1.25. The molecule has 0 spiro atoms. The quantitative estimate of drug-likeness (QED) is 0.0741. The van der Waals surface area contributed by atoms with E-state index in [-0.39, 0.29) is 0 Å². The maximum Gasteiger partial charge on any atom is 0.0784 e. The monoisotopic (exact) mass is 543 g/mol. The van der Waals surface area contributed by atoms with Crippen molar-refractivity contribution in [1.29, 1.82) is 0 Å². The van der Waals surface area contributed by atoms with Crippen molar-refractivity contribution in [2.75, 3.05) is 107 Å². The van der Waals surface area contributed by atoms with Crippen molar-refractivity contribution < 1.29 is 17.9 Å². The Kier molecular flexibility index (Phi) is 20.6. The number of rotatable bonds is 27. The van der Waals surface area contributed by atoms with Crippen molar-refractivity contribution in [2.45, 2.75) is 119 Å². The van der Waals surface area contributed by atoms with E-state index in [0.29, 0.717) is 0 Å². The molecule has 0 rings (SSSR count). The van der Waals surface area contributed by atoms with Crippen LogP contribution in [0.4, 0.5) is 0 Å². The number of nitrogens with zero attached hydrogens (tertiary/aromatic N) is 4. The first kappa shape index (κ1) is 37.8. The lowest BCUT2D eigenvalue weighted by molar-refractivity contribution is -0.909. The second-order valence-electron chi connectivity index (χ2n) is 14.0. The molecule has 4 heteroatoms. The highest BCUT2D eigenvalue weighted by molar-refractivity contribution is 4.50. The molecule has 4 nitrogen and oxygen atoms in total. The summed E-state index contributed by atoms with van der Waals surface area (Å²) in [4.78, 5) is 0. The van der Waals surface area contributed by atoms with E-state index in [1.165, 1.54) is 174 Å². The van der Waals surface area contributed by atoms with Gasteiger partial charge in [-0.1, -0.05) is 0 Å². The second-order valence-corrected chi connectivity index (χ2v) is 14.0. The Morgan fingerprint density at radius 1 is 0.237 bits per heavy atom. The van der Waals surface area contributed by atoms with E-state index in [1.807, 2.05) is 0 Å². The van der Waals surface area contributed by atoms with Gasteiger partial charge in [-0.05, 0) is 119 Å². The van der Waals surface area contributed by atoms with Crippen LogP contribution in [0.5, 0.6) is 0 Å². The molecule has 0 radical (unpaired) electrons. The Balaban J connectivity index is 4.02. The molecule has 0 aliphatic heterocycles. The minimum atomic E-state index is 1.25. The lowest BCUT2D eigenvalue weighted by Crippen LogP contribution is -2.45. The van der Waals surface area contributed by atoms with Gasteiger partial charge in [-0.25, -0.2) is 0 Å². The average molecular weight is 543 g/mol. The van der Waals surface area contributed by atoms with Crippen molar-refractivity contribution in [1.82, 2.24) is 0 Å². The van der Waals surface area contributed by atoms with Gasteiger partial charge in [0.25, 0.3) is 0 Å². The molecule has 0 aliphatic carbocycles. The van der Waals surface area contributed by atoms with Crippen molar-refractivity contribution >= 4 is 0 Å². The first-order valence-electron chi connectivity index (χ1n) is 17.3. The van der Waals surface area contributed by atoms with Crippen molar-refractivity contribution in [2.24, 2.45) is 0 Å². The predicted octanol–water partition coefficient (Wildman–Crippen LogP) is 7.57. The summed E-state index contributed by atoms with van der Waals surface area (Å²) >= 11 is 0. The first-order chi connectivity index (χ1) is 18.0. The Bertz CT molecular complexity index is 495. The molecule has 2 atom stereocenters. The van der Waals surface area contributed by atoms with Crippen LogP contribution in [0.25, 0.3) is 0 Å². The zero-order chi connectivity index (χ0) is 29.0. The summed E-state index contributed by atoms with van der Waals surface area (Å²) in [5.41, 5.74) is 0. The molecular weight excluding hydrogens is 464 g/mol. The summed E-state index contributed by atoms with van der Waals surface area (Å²) in [6.07, 6.45) is 17.0.